The summed E-state index contributed by atoms with van der Waals surface area (Å²) in [5.41, 5.74) is 1.04. The first-order valence-electron chi connectivity index (χ1n) is 6.80. The maximum absolute atomic E-state index is 9.25. The minimum atomic E-state index is 0.290. The second-order valence-electron chi connectivity index (χ2n) is 5.95. The van der Waals surface area contributed by atoms with Crippen molar-refractivity contribution in [3.05, 3.63) is 0 Å². The lowest BCUT2D eigenvalue weighted by molar-refractivity contribution is -0.0777. The number of fused-ring (bicyclic) bond motifs is 2. The van der Waals surface area contributed by atoms with Crippen molar-refractivity contribution >= 4 is 5.71 Å². The minimum absolute atomic E-state index is 0.290. The molecule has 2 bridgehead atoms. The van der Waals surface area contributed by atoms with Crippen LogP contribution >= 0.6 is 0 Å². The molecule has 2 saturated carbocycles. The summed E-state index contributed by atoms with van der Waals surface area (Å²) in [6.45, 7) is 6.20. The third-order valence-electron chi connectivity index (χ3n) is 4.60. The van der Waals surface area contributed by atoms with E-state index in [9.17, 15) is 5.21 Å². The van der Waals surface area contributed by atoms with Crippen LogP contribution < -0.4 is 0 Å². The second-order valence-corrected chi connectivity index (χ2v) is 5.95. The molecule has 0 aromatic heterocycles. The van der Waals surface area contributed by atoms with Crippen LogP contribution in [0.25, 0.3) is 0 Å². The fraction of sp³-hybridized carbons (Fsp3) is 0.923. The van der Waals surface area contributed by atoms with Crippen LogP contribution in [0.15, 0.2) is 5.16 Å². The van der Waals surface area contributed by atoms with E-state index in [0.29, 0.717) is 17.9 Å². The highest BCUT2D eigenvalue weighted by Gasteiger charge is 2.49. The average molecular weight is 238 g/mol. The van der Waals surface area contributed by atoms with Gasteiger partial charge >= 0.3 is 0 Å². The first-order chi connectivity index (χ1) is 8.19. The molecule has 0 amide bonds. The SMILES string of the molecule is C[C@@H]1CN([C@@H]2/C(=N/O)[C@H]3CC[C@H]2C3)C[C@H](C)O1. The van der Waals surface area contributed by atoms with Crippen molar-refractivity contribution in [1.82, 2.24) is 4.90 Å². The van der Waals surface area contributed by atoms with E-state index in [0.717, 1.165) is 18.8 Å². The Morgan fingerprint density at radius 2 is 1.94 bits per heavy atom. The number of ether oxygens (including phenoxy) is 1. The molecule has 1 heterocycles. The Kier molecular flexibility index (Phi) is 2.87. The van der Waals surface area contributed by atoms with Crippen molar-refractivity contribution in [2.45, 2.75) is 51.4 Å². The quantitative estimate of drug-likeness (QED) is 0.559. The highest BCUT2D eigenvalue weighted by molar-refractivity contribution is 5.94. The van der Waals surface area contributed by atoms with Gasteiger partial charge in [0, 0.05) is 19.0 Å². The van der Waals surface area contributed by atoms with Gasteiger partial charge in [0.05, 0.1) is 24.0 Å². The Hall–Kier alpha value is -0.610. The molecular weight excluding hydrogens is 216 g/mol. The van der Waals surface area contributed by atoms with Crippen LogP contribution in [0.4, 0.5) is 0 Å². The van der Waals surface area contributed by atoms with Gasteiger partial charge in [-0.15, -0.1) is 0 Å². The molecule has 17 heavy (non-hydrogen) atoms. The molecule has 3 aliphatic rings. The molecule has 3 rings (SSSR count). The third-order valence-corrected chi connectivity index (χ3v) is 4.60. The van der Waals surface area contributed by atoms with E-state index in [1.165, 1.54) is 19.3 Å². The highest BCUT2D eigenvalue weighted by atomic mass is 16.5. The van der Waals surface area contributed by atoms with Gasteiger partial charge in [-0.3, -0.25) is 4.90 Å². The van der Waals surface area contributed by atoms with Crippen LogP contribution in [0, 0.1) is 11.8 Å². The Labute approximate surface area is 103 Å². The minimum Gasteiger partial charge on any atom is -0.411 e. The van der Waals surface area contributed by atoms with E-state index in [4.69, 9.17) is 4.74 Å². The average Bonchev–Trinajstić information content (AvgIpc) is 2.86. The lowest BCUT2D eigenvalue weighted by Crippen LogP contribution is -2.54. The molecular formula is C13H22N2O2. The van der Waals surface area contributed by atoms with Gasteiger partial charge in [0.1, 0.15) is 0 Å². The van der Waals surface area contributed by atoms with Gasteiger partial charge in [0.2, 0.25) is 0 Å². The highest BCUT2D eigenvalue weighted by Crippen LogP contribution is 2.45. The monoisotopic (exact) mass is 238 g/mol. The number of rotatable bonds is 1. The molecule has 2 aliphatic carbocycles. The first-order valence-corrected chi connectivity index (χ1v) is 6.80. The number of hydrogen-bond donors (Lipinski definition) is 1. The number of nitrogens with zero attached hydrogens (tertiary/aromatic N) is 2. The molecule has 1 aliphatic heterocycles. The summed E-state index contributed by atoms with van der Waals surface area (Å²) >= 11 is 0. The zero-order valence-corrected chi connectivity index (χ0v) is 10.7. The van der Waals surface area contributed by atoms with Gasteiger partial charge in [-0.1, -0.05) is 5.16 Å². The zero-order chi connectivity index (χ0) is 12.0. The van der Waals surface area contributed by atoms with E-state index in [-0.39, 0.29) is 12.2 Å². The summed E-state index contributed by atoms with van der Waals surface area (Å²) < 4.78 is 5.78. The number of oxime groups is 1. The van der Waals surface area contributed by atoms with Crippen LogP contribution in [0.2, 0.25) is 0 Å². The van der Waals surface area contributed by atoms with Crippen molar-refractivity contribution in [3.8, 4) is 0 Å². The zero-order valence-electron chi connectivity index (χ0n) is 10.7. The number of hydrogen-bond acceptors (Lipinski definition) is 4. The molecule has 1 N–H and O–H groups in total. The van der Waals surface area contributed by atoms with Gasteiger partial charge in [-0.05, 0) is 39.0 Å². The van der Waals surface area contributed by atoms with Crippen LogP contribution in [0.3, 0.4) is 0 Å². The van der Waals surface area contributed by atoms with Gasteiger partial charge in [0.25, 0.3) is 0 Å². The molecule has 0 aromatic carbocycles. The summed E-state index contributed by atoms with van der Waals surface area (Å²) in [4.78, 5) is 2.48. The smallest absolute Gasteiger partial charge is 0.0775 e. The normalized spacial score (nSPS) is 49.1. The lowest BCUT2D eigenvalue weighted by atomic mass is 9.91. The molecule has 96 valence electrons. The van der Waals surface area contributed by atoms with Gasteiger partial charge in [-0.25, -0.2) is 0 Å². The van der Waals surface area contributed by atoms with E-state index >= 15 is 0 Å². The molecule has 5 atom stereocenters. The topological polar surface area (TPSA) is 45.1 Å². The predicted octanol–water partition coefficient (Wildman–Crippen LogP) is 1.72. The Balaban J connectivity index is 1.79. The third kappa shape index (κ3) is 1.87. The molecule has 3 fully saturated rings. The summed E-state index contributed by atoms with van der Waals surface area (Å²) in [6, 6.07) is 0.382. The maximum Gasteiger partial charge on any atom is 0.0775 e. The number of morpholine rings is 1. The van der Waals surface area contributed by atoms with Crippen molar-refractivity contribution in [2.24, 2.45) is 17.0 Å². The largest absolute Gasteiger partial charge is 0.411 e. The maximum atomic E-state index is 9.25. The fourth-order valence-electron chi connectivity index (χ4n) is 4.13. The van der Waals surface area contributed by atoms with Crippen LogP contribution in [0.1, 0.15) is 33.1 Å². The second kappa shape index (κ2) is 4.25. The van der Waals surface area contributed by atoms with E-state index in [2.05, 4.69) is 23.9 Å². The van der Waals surface area contributed by atoms with Gasteiger partial charge < -0.3 is 9.94 Å². The predicted molar refractivity (Wildman–Crippen MR) is 65.4 cm³/mol. The van der Waals surface area contributed by atoms with Crippen LogP contribution in [0.5, 0.6) is 0 Å². The van der Waals surface area contributed by atoms with Crippen molar-refractivity contribution in [3.63, 3.8) is 0 Å². The van der Waals surface area contributed by atoms with E-state index in [1.54, 1.807) is 0 Å². The molecule has 4 nitrogen and oxygen atoms in total. The molecule has 0 spiro atoms. The molecule has 4 heteroatoms. The summed E-state index contributed by atoms with van der Waals surface area (Å²) in [6.07, 6.45) is 4.32. The van der Waals surface area contributed by atoms with Gasteiger partial charge in [-0.2, -0.15) is 0 Å². The van der Waals surface area contributed by atoms with E-state index in [1.807, 2.05) is 0 Å². The molecule has 0 aromatic rings. The molecule has 0 radical (unpaired) electrons. The van der Waals surface area contributed by atoms with Crippen molar-refractivity contribution in [2.75, 3.05) is 13.1 Å². The van der Waals surface area contributed by atoms with Gasteiger partial charge in [0.15, 0.2) is 0 Å². The van der Waals surface area contributed by atoms with Crippen LogP contribution in [-0.2, 0) is 4.74 Å². The summed E-state index contributed by atoms with van der Waals surface area (Å²) in [5, 5.41) is 12.9. The standard InChI is InChI=1S/C13H22N2O2/c1-8-6-15(7-9(2)17-8)13-11-4-3-10(5-11)12(13)14-16/h8-11,13,16H,3-7H2,1-2H3/b14-12+/t8-,9+,10-,11-,13-/m0/s1. The molecule has 1 saturated heterocycles. The van der Waals surface area contributed by atoms with Crippen LogP contribution in [-0.4, -0.2) is 47.2 Å². The van der Waals surface area contributed by atoms with Crippen molar-refractivity contribution in [1.29, 1.82) is 0 Å². The lowest BCUT2D eigenvalue weighted by Gasteiger charge is -2.41. The van der Waals surface area contributed by atoms with E-state index < -0.39 is 0 Å². The Bertz CT molecular complexity index is 321. The van der Waals surface area contributed by atoms with Crippen molar-refractivity contribution < 1.29 is 9.94 Å². The molecule has 0 unspecified atom stereocenters. The summed E-state index contributed by atoms with van der Waals surface area (Å²) in [7, 11) is 0. The fourth-order valence-corrected chi connectivity index (χ4v) is 4.13. The first kappa shape index (κ1) is 11.5. The Morgan fingerprint density at radius 1 is 1.24 bits per heavy atom. The Morgan fingerprint density at radius 3 is 2.59 bits per heavy atom. The summed E-state index contributed by atoms with van der Waals surface area (Å²) in [5.74, 6) is 1.26.